The van der Waals surface area contributed by atoms with Crippen molar-refractivity contribution in [1.29, 1.82) is 0 Å². The van der Waals surface area contributed by atoms with E-state index in [-0.39, 0.29) is 17.2 Å². The first-order chi connectivity index (χ1) is 17.8. The number of hydrogen-bond acceptors (Lipinski definition) is 3. The predicted octanol–water partition coefficient (Wildman–Crippen LogP) is 6.08. The van der Waals surface area contributed by atoms with Gasteiger partial charge in [-0.15, -0.1) is 0 Å². The number of benzene rings is 2. The van der Waals surface area contributed by atoms with Crippen molar-refractivity contribution in [2.75, 3.05) is 13.1 Å². The Balaban J connectivity index is 1.25. The Labute approximate surface area is 218 Å². The topological polar surface area (TPSA) is 55.2 Å². The fraction of sp³-hybridized carbons (Fsp3) is 0.367. The molecule has 0 spiro atoms. The van der Waals surface area contributed by atoms with E-state index >= 15 is 0 Å². The molecule has 0 saturated heterocycles. The summed E-state index contributed by atoms with van der Waals surface area (Å²) in [5.41, 5.74) is 5.18. The summed E-state index contributed by atoms with van der Waals surface area (Å²) in [5, 5.41) is 6.00. The molecule has 0 N–H and O–H groups in total. The van der Waals surface area contributed by atoms with Crippen LogP contribution in [-0.4, -0.2) is 35.6 Å². The zero-order chi connectivity index (χ0) is 25.6. The van der Waals surface area contributed by atoms with Gasteiger partial charge in [-0.25, -0.2) is 17.5 Å². The predicted molar refractivity (Wildman–Crippen MR) is 145 cm³/mol. The average molecular weight is 518 g/mol. The van der Waals surface area contributed by atoms with Crippen molar-refractivity contribution >= 4 is 22.2 Å². The van der Waals surface area contributed by atoms with Crippen molar-refractivity contribution in [3.63, 3.8) is 0 Å². The lowest BCUT2D eigenvalue weighted by molar-refractivity contribution is 0.219. The molecular weight excluding hydrogens is 485 g/mol. The first-order valence-electron chi connectivity index (χ1n) is 13.1. The Morgan fingerprint density at radius 3 is 2.57 bits per heavy atom. The standard InChI is InChI=1S/C30H32FN3O2S/c1-30-18-24-19-32-34(28-13-11-27(31)12-14-28)29(24)17-25(30)9-10-26(30)21-33(20-23-7-8-23)37(35,36)16-15-22-5-3-2-4-6-22/h2-6,11-17,19,23,26H,7-10,18,20-21H2,1H3/b16-15+/t26-,30+/m1/s1. The van der Waals surface area contributed by atoms with Crippen molar-refractivity contribution in [1.82, 2.24) is 14.1 Å². The molecule has 3 aliphatic carbocycles. The highest BCUT2D eigenvalue weighted by Gasteiger charge is 2.47. The Morgan fingerprint density at radius 2 is 1.84 bits per heavy atom. The summed E-state index contributed by atoms with van der Waals surface area (Å²) in [7, 11) is -3.54. The van der Waals surface area contributed by atoms with Crippen LogP contribution in [0, 0.1) is 23.1 Å². The number of sulfonamides is 1. The molecule has 1 aromatic heterocycles. The molecule has 0 aliphatic heterocycles. The van der Waals surface area contributed by atoms with E-state index in [0.29, 0.717) is 19.0 Å². The molecule has 0 radical (unpaired) electrons. The van der Waals surface area contributed by atoms with Crippen molar-refractivity contribution in [3.8, 4) is 5.69 Å². The Hall–Kier alpha value is -3.03. The van der Waals surface area contributed by atoms with Crippen LogP contribution in [0.5, 0.6) is 0 Å². The molecule has 3 aliphatic rings. The summed E-state index contributed by atoms with van der Waals surface area (Å²) in [6.07, 6.45) is 10.8. The van der Waals surface area contributed by atoms with E-state index in [1.807, 2.05) is 41.2 Å². The minimum atomic E-state index is -3.54. The molecular formula is C30H32FN3O2S. The third kappa shape index (κ3) is 4.82. The molecule has 1 heterocycles. The highest BCUT2D eigenvalue weighted by Crippen LogP contribution is 2.53. The van der Waals surface area contributed by atoms with Crippen LogP contribution in [0.15, 0.2) is 71.8 Å². The summed E-state index contributed by atoms with van der Waals surface area (Å²) in [4.78, 5) is 0. The van der Waals surface area contributed by atoms with Gasteiger partial charge >= 0.3 is 0 Å². The van der Waals surface area contributed by atoms with Crippen LogP contribution in [0.25, 0.3) is 17.8 Å². The molecule has 2 atom stereocenters. The first kappa shape index (κ1) is 24.3. The minimum absolute atomic E-state index is 0.107. The van der Waals surface area contributed by atoms with Crippen LogP contribution >= 0.6 is 0 Å². The third-order valence-corrected chi connectivity index (χ3v) is 9.90. The molecule has 6 rings (SSSR count). The summed E-state index contributed by atoms with van der Waals surface area (Å²) in [5.74, 6) is 0.439. The second-order valence-corrected chi connectivity index (χ2v) is 12.8. The second kappa shape index (κ2) is 9.37. The molecule has 2 saturated carbocycles. The van der Waals surface area contributed by atoms with Crippen molar-refractivity contribution in [2.45, 2.75) is 39.0 Å². The number of rotatable bonds is 8. The van der Waals surface area contributed by atoms with Crippen molar-refractivity contribution in [3.05, 3.63) is 94.4 Å². The van der Waals surface area contributed by atoms with Gasteiger partial charge in [-0.1, -0.05) is 42.8 Å². The van der Waals surface area contributed by atoms with Crippen LogP contribution < -0.4 is 0 Å². The molecule has 0 unspecified atom stereocenters. The van der Waals surface area contributed by atoms with Gasteiger partial charge in [0.1, 0.15) is 5.82 Å². The van der Waals surface area contributed by atoms with Gasteiger partial charge in [-0.2, -0.15) is 9.40 Å². The van der Waals surface area contributed by atoms with Gasteiger partial charge < -0.3 is 0 Å². The van der Waals surface area contributed by atoms with Gasteiger partial charge in [0.25, 0.3) is 0 Å². The number of halogens is 1. The molecule has 0 bridgehead atoms. The monoisotopic (exact) mass is 517 g/mol. The smallest absolute Gasteiger partial charge is 0.233 e. The Morgan fingerprint density at radius 1 is 1.08 bits per heavy atom. The Bertz CT molecular complexity index is 1460. The maximum Gasteiger partial charge on any atom is 0.236 e. The molecule has 5 nitrogen and oxygen atoms in total. The summed E-state index contributed by atoms with van der Waals surface area (Å²) < 4.78 is 44.0. The van der Waals surface area contributed by atoms with E-state index in [2.05, 4.69) is 18.1 Å². The zero-order valence-electron chi connectivity index (χ0n) is 21.1. The lowest BCUT2D eigenvalue weighted by Gasteiger charge is -2.38. The second-order valence-electron chi connectivity index (χ2n) is 11.0. The minimum Gasteiger partial charge on any atom is -0.233 e. The largest absolute Gasteiger partial charge is 0.236 e. The van der Waals surface area contributed by atoms with Crippen molar-refractivity contribution in [2.24, 2.45) is 17.3 Å². The highest BCUT2D eigenvalue weighted by molar-refractivity contribution is 7.92. The maximum absolute atomic E-state index is 13.5. The van der Waals surface area contributed by atoms with Crippen LogP contribution in [0.4, 0.5) is 4.39 Å². The van der Waals surface area contributed by atoms with Crippen molar-refractivity contribution < 1.29 is 12.8 Å². The van der Waals surface area contributed by atoms with E-state index in [1.165, 1.54) is 23.1 Å². The average Bonchev–Trinajstić information content (AvgIpc) is 3.54. The van der Waals surface area contributed by atoms with Gasteiger partial charge in [0, 0.05) is 18.5 Å². The number of allylic oxidation sites excluding steroid dienone is 1. The molecule has 37 heavy (non-hydrogen) atoms. The van der Waals surface area contributed by atoms with Gasteiger partial charge in [0.2, 0.25) is 10.0 Å². The molecule has 3 aromatic rings. The SMILES string of the molecule is C[C@]12Cc3cnn(-c4ccc(F)cc4)c3C=C1CC[C@@H]2CN(CC1CC1)S(=O)(=O)/C=C/c1ccccc1. The third-order valence-electron chi connectivity index (χ3n) is 8.40. The lowest BCUT2D eigenvalue weighted by atomic mass is 9.70. The van der Waals surface area contributed by atoms with E-state index in [1.54, 1.807) is 22.5 Å². The maximum atomic E-state index is 13.5. The fourth-order valence-electron chi connectivity index (χ4n) is 5.95. The lowest BCUT2D eigenvalue weighted by Crippen LogP contribution is -2.41. The zero-order valence-corrected chi connectivity index (χ0v) is 21.9. The first-order valence-corrected chi connectivity index (χ1v) is 14.6. The molecule has 2 aromatic carbocycles. The fourth-order valence-corrected chi connectivity index (χ4v) is 7.25. The van der Waals surface area contributed by atoms with E-state index in [9.17, 15) is 12.8 Å². The summed E-state index contributed by atoms with van der Waals surface area (Å²) >= 11 is 0. The van der Waals surface area contributed by atoms with E-state index in [4.69, 9.17) is 0 Å². The van der Waals surface area contributed by atoms with Gasteiger partial charge in [0.05, 0.1) is 17.6 Å². The molecule has 0 amide bonds. The highest BCUT2D eigenvalue weighted by atomic mass is 32.2. The number of aromatic nitrogens is 2. The van der Waals surface area contributed by atoms with E-state index in [0.717, 1.165) is 54.6 Å². The van der Waals surface area contributed by atoms with Gasteiger partial charge in [-0.05, 0) is 96.9 Å². The molecule has 192 valence electrons. The summed E-state index contributed by atoms with van der Waals surface area (Å²) in [6.45, 7) is 3.42. The van der Waals surface area contributed by atoms with Crippen LogP contribution in [0.2, 0.25) is 0 Å². The number of hydrogen-bond donors (Lipinski definition) is 0. The van der Waals surface area contributed by atoms with E-state index < -0.39 is 10.0 Å². The number of fused-ring (bicyclic) bond motifs is 2. The van der Waals surface area contributed by atoms with Crippen LogP contribution in [0.3, 0.4) is 0 Å². The molecule has 2 fully saturated rings. The van der Waals surface area contributed by atoms with Crippen LogP contribution in [-0.2, 0) is 16.4 Å². The number of nitrogens with zero attached hydrogens (tertiary/aromatic N) is 3. The molecule has 7 heteroatoms. The Kier molecular flexibility index (Phi) is 6.16. The van der Waals surface area contributed by atoms with Crippen LogP contribution in [0.1, 0.15) is 49.4 Å². The normalized spacial score (nSPS) is 23.3. The summed E-state index contributed by atoms with van der Waals surface area (Å²) in [6, 6.07) is 16.0. The quantitative estimate of drug-likeness (QED) is 0.364. The van der Waals surface area contributed by atoms with Gasteiger partial charge in [-0.3, -0.25) is 0 Å². The van der Waals surface area contributed by atoms with Gasteiger partial charge in [0.15, 0.2) is 0 Å².